The predicted molar refractivity (Wildman–Crippen MR) is 83.1 cm³/mol. The van der Waals surface area contributed by atoms with Crippen LogP contribution in [0.4, 0.5) is 0 Å². The average Bonchev–Trinajstić information content (AvgIpc) is 2.49. The Hall–Kier alpha value is -1.04. The number of rotatable bonds is 5. The number of nitrogens with zero attached hydrogens (tertiary/aromatic N) is 2. The number of aliphatic hydroxyl groups is 1. The number of carbonyl (C=O) groups is 1. The smallest absolute Gasteiger partial charge is 0.253 e. The third-order valence-electron chi connectivity index (χ3n) is 3.59. The molecular weight excluding hydrogens is 272 g/mol. The van der Waals surface area contributed by atoms with Gasteiger partial charge in [-0.05, 0) is 24.0 Å². The van der Waals surface area contributed by atoms with E-state index in [1.54, 1.807) is 11.8 Å². The SMILES string of the molecule is CSCc1ccc(C(=O)N2CCN(CCO)CC2)cc1. The highest BCUT2D eigenvalue weighted by atomic mass is 32.2. The van der Waals surface area contributed by atoms with Crippen LogP contribution in [0.3, 0.4) is 0 Å². The van der Waals surface area contributed by atoms with Crippen LogP contribution in [-0.4, -0.2) is 66.4 Å². The van der Waals surface area contributed by atoms with E-state index >= 15 is 0 Å². The predicted octanol–water partition coefficient (Wildman–Crippen LogP) is 1.30. The van der Waals surface area contributed by atoms with Crippen molar-refractivity contribution in [1.29, 1.82) is 0 Å². The Bertz CT molecular complexity index is 428. The lowest BCUT2D eigenvalue weighted by Crippen LogP contribution is -2.49. The molecule has 1 saturated heterocycles. The minimum Gasteiger partial charge on any atom is -0.395 e. The van der Waals surface area contributed by atoms with Gasteiger partial charge in [0.15, 0.2) is 0 Å². The molecule has 1 aromatic rings. The van der Waals surface area contributed by atoms with Crippen molar-refractivity contribution in [2.24, 2.45) is 0 Å². The minimum absolute atomic E-state index is 0.115. The van der Waals surface area contributed by atoms with Crippen molar-refractivity contribution in [3.8, 4) is 0 Å². The lowest BCUT2D eigenvalue weighted by Gasteiger charge is -2.34. The van der Waals surface area contributed by atoms with Gasteiger partial charge in [-0.25, -0.2) is 0 Å². The molecule has 0 saturated carbocycles. The zero-order chi connectivity index (χ0) is 14.4. The van der Waals surface area contributed by atoms with Gasteiger partial charge in [-0.15, -0.1) is 0 Å². The van der Waals surface area contributed by atoms with Gasteiger partial charge < -0.3 is 10.0 Å². The molecule has 0 radical (unpaired) electrons. The molecule has 0 atom stereocenters. The summed E-state index contributed by atoms with van der Waals surface area (Å²) in [6.07, 6.45) is 2.07. The summed E-state index contributed by atoms with van der Waals surface area (Å²) in [6, 6.07) is 7.92. The van der Waals surface area contributed by atoms with Gasteiger partial charge in [0.05, 0.1) is 6.61 Å². The monoisotopic (exact) mass is 294 g/mol. The molecule has 0 aromatic heterocycles. The van der Waals surface area contributed by atoms with Crippen LogP contribution in [0.25, 0.3) is 0 Å². The van der Waals surface area contributed by atoms with Crippen LogP contribution in [-0.2, 0) is 5.75 Å². The summed E-state index contributed by atoms with van der Waals surface area (Å²) < 4.78 is 0. The first-order chi connectivity index (χ1) is 9.74. The van der Waals surface area contributed by atoms with Crippen molar-refractivity contribution in [1.82, 2.24) is 9.80 Å². The highest BCUT2D eigenvalue weighted by Crippen LogP contribution is 2.13. The maximum atomic E-state index is 12.4. The first-order valence-corrected chi connectivity index (χ1v) is 8.34. The Morgan fingerprint density at radius 2 is 1.85 bits per heavy atom. The number of aliphatic hydroxyl groups excluding tert-OH is 1. The summed E-state index contributed by atoms with van der Waals surface area (Å²) in [5.41, 5.74) is 2.02. The molecule has 0 unspecified atom stereocenters. The molecule has 4 nitrogen and oxygen atoms in total. The van der Waals surface area contributed by atoms with Gasteiger partial charge in [0.2, 0.25) is 0 Å². The van der Waals surface area contributed by atoms with Crippen LogP contribution in [0.2, 0.25) is 0 Å². The van der Waals surface area contributed by atoms with Crippen LogP contribution in [0, 0.1) is 0 Å². The van der Waals surface area contributed by atoms with E-state index in [2.05, 4.69) is 11.2 Å². The molecule has 1 N–H and O–H groups in total. The molecule has 0 spiro atoms. The molecule has 110 valence electrons. The fourth-order valence-electron chi connectivity index (χ4n) is 2.41. The molecule has 1 amide bonds. The highest BCUT2D eigenvalue weighted by Gasteiger charge is 2.21. The Morgan fingerprint density at radius 3 is 2.40 bits per heavy atom. The van der Waals surface area contributed by atoms with Crippen LogP contribution >= 0.6 is 11.8 Å². The number of piperazine rings is 1. The maximum absolute atomic E-state index is 12.4. The van der Waals surface area contributed by atoms with Gasteiger partial charge >= 0.3 is 0 Å². The van der Waals surface area contributed by atoms with Crippen molar-refractivity contribution >= 4 is 17.7 Å². The molecule has 1 aromatic carbocycles. The van der Waals surface area contributed by atoms with Crippen molar-refractivity contribution in [2.75, 3.05) is 45.6 Å². The Labute approximate surface area is 124 Å². The van der Waals surface area contributed by atoms with Gasteiger partial charge in [0, 0.05) is 44.0 Å². The van der Waals surface area contributed by atoms with Crippen LogP contribution < -0.4 is 0 Å². The van der Waals surface area contributed by atoms with Crippen LogP contribution in [0.1, 0.15) is 15.9 Å². The molecule has 1 fully saturated rings. The molecule has 20 heavy (non-hydrogen) atoms. The first-order valence-electron chi connectivity index (χ1n) is 6.95. The Kier molecular flexibility index (Phi) is 5.88. The summed E-state index contributed by atoms with van der Waals surface area (Å²) >= 11 is 1.78. The molecule has 5 heteroatoms. The quantitative estimate of drug-likeness (QED) is 0.889. The van der Waals surface area contributed by atoms with E-state index in [-0.39, 0.29) is 12.5 Å². The van der Waals surface area contributed by atoms with E-state index in [0.717, 1.165) is 37.5 Å². The van der Waals surface area contributed by atoms with E-state index in [4.69, 9.17) is 5.11 Å². The number of carbonyl (C=O) groups excluding carboxylic acids is 1. The average molecular weight is 294 g/mol. The topological polar surface area (TPSA) is 43.8 Å². The van der Waals surface area contributed by atoms with E-state index in [1.165, 1.54) is 5.56 Å². The van der Waals surface area contributed by atoms with Crippen molar-refractivity contribution < 1.29 is 9.90 Å². The molecule has 0 bridgehead atoms. The van der Waals surface area contributed by atoms with Gasteiger partial charge in [0.25, 0.3) is 5.91 Å². The van der Waals surface area contributed by atoms with Gasteiger partial charge in [-0.3, -0.25) is 9.69 Å². The summed E-state index contributed by atoms with van der Waals surface area (Å²) in [5.74, 6) is 1.10. The van der Waals surface area contributed by atoms with E-state index in [1.807, 2.05) is 29.2 Å². The molecule has 1 aliphatic heterocycles. The summed E-state index contributed by atoms with van der Waals surface area (Å²) in [6.45, 7) is 4.06. The van der Waals surface area contributed by atoms with E-state index in [9.17, 15) is 4.79 Å². The van der Waals surface area contributed by atoms with Crippen molar-refractivity contribution in [2.45, 2.75) is 5.75 Å². The number of hydrogen-bond donors (Lipinski definition) is 1. The summed E-state index contributed by atoms with van der Waals surface area (Å²) in [7, 11) is 0. The second-order valence-electron chi connectivity index (χ2n) is 4.99. The zero-order valence-corrected chi connectivity index (χ0v) is 12.7. The number of β-amino-alcohol motifs (C(OH)–C–C–N with tert-alkyl or cyclic N) is 1. The molecule has 1 heterocycles. The molecule has 0 aliphatic carbocycles. The first kappa shape index (κ1) is 15.4. The fourth-order valence-corrected chi connectivity index (χ4v) is 2.93. The largest absolute Gasteiger partial charge is 0.395 e. The van der Waals surface area contributed by atoms with E-state index < -0.39 is 0 Å². The van der Waals surface area contributed by atoms with Gasteiger partial charge in [0.1, 0.15) is 0 Å². The second-order valence-corrected chi connectivity index (χ2v) is 5.85. The van der Waals surface area contributed by atoms with Crippen LogP contribution in [0.5, 0.6) is 0 Å². The van der Waals surface area contributed by atoms with Crippen molar-refractivity contribution in [3.63, 3.8) is 0 Å². The number of benzene rings is 1. The highest BCUT2D eigenvalue weighted by molar-refractivity contribution is 7.97. The standard InChI is InChI=1S/C15H22N2O2S/c1-20-12-13-2-4-14(5-3-13)15(19)17-8-6-16(7-9-17)10-11-18/h2-5,18H,6-12H2,1H3. The van der Waals surface area contributed by atoms with Crippen molar-refractivity contribution in [3.05, 3.63) is 35.4 Å². The third-order valence-corrected chi connectivity index (χ3v) is 4.21. The lowest BCUT2D eigenvalue weighted by atomic mass is 10.1. The minimum atomic E-state index is 0.115. The number of hydrogen-bond acceptors (Lipinski definition) is 4. The zero-order valence-electron chi connectivity index (χ0n) is 11.9. The third kappa shape index (κ3) is 3.98. The maximum Gasteiger partial charge on any atom is 0.253 e. The molecular formula is C15H22N2O2S. The normalized spacial score (nSPS) is 16.4. The molecule has 2 rings (SSSR count). The van der Waals surface area contributed by atoms with Gasteiger partial charge in [-0.1, -0.05) is 12.1 Å². The summed E-state index contributed by atoms with van der Waals surface area (Å²) in [5, 5.41) is 8.92. The van der Waals surface area contributed by atoms with Crippen LogP contribution in [0.15, 0.2) is 24.3 Å². The molecule has 1 aliphatic rings. The second kappa shape index (κ2) is 7.67. The van der Waals surface area contributed by atoms with Gasteiger partial charge in [-0.2, -0.15) is 11.8 Å². The lowest BCUT2D eigenvalue weighted by molar-refractivity contribution is 0.0615. The number of amides is 1. The fraction of sp³-hybridized carbons (Fsp3) is 0.533. The number of thioether (sulfide) groups is 1. The Morgan fingerprint density at radius 1 is 1.20 bits per heavy atom. The van der Waals surface area contributed by atoms with E-state index in [0.29, 0.717) is 6.54 Å². The Balaban J connectivity index is 1.91. The summed E-state index contributed by atoms with van der Waals surface area (Å²) in [4.78, 5) is 16.5.